The highest BCUT2D eigenvalue weighted by atomic mass is 16.5. The summed E-state index contributed by atoms with van der Waals surface area (Å²) in [6, 6.07) is 1.68. The topological polar surface area (TPSA) is 85.8 Å². The van der Waals surface area contributed by atoms with Crippen LogP contribution in [-0.2, 0) is 11.3 Å². The van der Waals surface area contributed by atoms with E-state index in [1.807, 2.05) is 20.8 Å². The Morgan fingerprint density at radius 1 is 1.47 bits per heavy atom. The summed E-state index contributed by atoms with van der Waals surface area (Å²) in [5.41, 5.74) is 0. The van der Waals surface area contributed by atoms with E-state index in [0.717, 1.165) is 5.82 Å². The standard InChI is InChI=1S/C12H17N5O2/c1-7(6-17-10(4)13-9(3)15-17)12(18)14-11-5-8(2)19-16-11/h5,7H,6H2,1-4H3,(H,14,16,18). The maximum Gasteiger partial charge on any atom is 0.230 e. The van der Waals surface area contributed by atoms with Gasteiger partial charge in [-0.2, -0.15) is 5.10 Å². The number of nitrogens with zero attached hydrogens (tertiary/aromatic N) is 4. The molecule has 7 nitrogen and oxygen atoms in total. The highest BCUT2D eigenvalue weighted by Crippen LogP contribution is 2.10. The van der Waals surface area contributed by atoms with E-state index < -0.39 is 0 Å². The van der Waals surface area contributed by atoms with Crippen molar-refractivity contribution in [3.63, 3.8) is 0 Å². The van der Waals surface area contributed by atoms with Crippen molar-refractivity contribution in [2.75, 3.05) is 5.32 Å². The molecule has 0 radical (unpaired) electrons. The Kier molecular flexibility index (Phi) is 3.64. The van der Waals surface area contributed by atoms with Crippen LogP contribution in [0.3, 0.4) is 0 Å². The lowest BCUT2D eigenvalue weighted by molar-refractivity contribution is -0.119. The van der Waals surface area contributed by atoms with Crippen molar-refractivity contribution >= 4 is 11.7 Å². The molecule has 0 fully saturated rings. The molecule has 0 bridgehead atoms. The first-order valence-corrected chi connectivity index (χ1v) is 6.08. The van der Waals surface area contributed by atoms with Gasteiger partial charge in [0.2, 0.25) is 5.91 Å². The van der Waals surface area contributed by atoms with Crippen molar-refractivity contribution in [3.8, 4) is 0 Å². The molecular formula is C12H17N5O2. The van der Waals surface area contributed by atoms with E-state index in [1.165, 1.54) is 0 Å². The summed E-state index contributed by atoms with van der Waals surface area (Å²) in [5, 5.41) is 10.7. The SMILES string of the molecule is Cc1nc(C)n(CC(C)C(=O)Nc2cc(C)on2)n1. The highest BCUT2D eigenvalue weighted by molar-refractivity contribution is 5.91. The Morgan fingerprint density at radius 2 is 2.21 bits per heavy atom. The van der Waals surface area contributed by atoms with Crippen molar-refractivity contribution in [1.29, 1.82) is 0 Å². The number of carbonyl (C=O) groups excluding carboxylic acids is 1. The molecule has 0 aliphatic carbocycles. The van der Waals surface area contributed by atoms with Crippen LogP contribution in [0.4, 0.5) is 5.82 Å². The van der Waals surface area contributed by atoms with Gasteiger partial charge in [0.25, 0.3) is 0 Å². The third-order valence-corrected chi connectivity index (χ3v) is 2.74. The van der Waals surface area contributed by atoms with Crippen LogP contribution >= 0.6 is 0 Å². The van der Waals surface area contributed by atoms with Gasteiger partial charge in [-0.3, -0.25) is 4.79 Å². The summed E-state index contributed by atoms with van der Waals surface area (Å²) in [7, 11) is 0. The minimum Gasteiger partial charge on any atom is -0.360 e. The molecule has 7 heteroatoms. The zero-order chi connectivity index (χ0) is 14.0. The van der Waals surface area contributed by atoms with Gasteiger partial charge >= 0.3 is 0 Å². The number of carbonyl (C=O) groups is 1. The largest absolute Gasteiger partial charge is 0.360 e. The molecule has 102 valence electrons. The normalized spacial score (nSPS) is 12.4. The number of hydrogen-bond acceptors (Lipinski definition) is 5. The molecule has 0 aliphatic rings. The van der Waals surface area contributed by atoms with Crippen molar-refractivity contribution in [2.24, 2.45) is 5.92 Å². The number of nitrogens with one attached hydrogen (secondary N) is 1. The zero-order valence-electron chi connectivity index (χ0n) is 11.5. The van der Waals surface area contributed by atoms with Crippen LogP contribution in [0.2, 0.25) is 0 Å². The van der Waals surface area contributed by atoms with Gasteiger partial charge in [-0.1, -0.05) is 12.1 Å². The number of rotatable bonds is 4. The molecule has 1 unspecified atom stereocenters. The second-order valence-electron chi connectivity index (χ2n) is 4.60. The molecule has 1 N–H and O–H groups in total. The monoisotopic (exact) mass is 263 g/mol. The highest BCUT2D eigenvalue weighted by Gasteiger charge is 2.17. The smallest absolute Gasteiger partial charge is 0.230 e. The van der Waals surface area contributed by atoms with Gasteiger partial charge in [0.1, 0.15) is 17.4 Å². The second-order valence-corrected chi connectivity index (χ2v) is 4.60. The number of aromatic nitrogens is 4. The Bertz CT molecular complexity index is 587. The number of aryl methyl sites for hydroxylation is 3. The lowest BCUT2D eigenvalue weighted by atomic mass is 10.1. The average Bonchev–Trinajstić information content (AvgIpc) is 2.85. The fourth-order valence-corrected chi connectivity index (χ4v) is 1.75. The summed E-state index contributed by atoms with van der Waals surface area (Å²) in [6.07, 6.45) is 0. The van der Waals surface area contributed by atoms with Crippen LogP contribution < -0.4 is 5.32 Å². The first-order valence-electron chi connectivity index (χ1n) is 6.08. The molecule has 2 heterocycles. The van der Waals surface area contributed by atoms with Gasteiger partial charge in [-0.05, 0) is 20.8 Å². The van der Waals surface area contributed by atoms with Gasteiger partial charge in [0, 0.05) is 6.07 Å². The van der Waals surface area contributed by atoms with Gasteiger partial charge in [-0.15, -0.1) is 0 Å². The Balaban J connectivity index is 1.97. The van der Waals surface area contributed by atoms with E-state index in [0.29, 0.717) is 23.9 Å². The van der Waals surface area contributed by atoms with E-state index in [1.54, 1.807) is 17.7 Å². The fourth-order valence-electron chi connectivity index (χ4n) is 1.75. The summed E-state index contributed by atoms with van der Waals surface area (Å²) >= 11 is 0. The third kappa shape index (κ3) is 3.18. The molecule has 0 spiro atoms. The lowest BCUT2D eigenvalue weighted by Gasteiger charge is -2.11. The molecule has 1 amide bonds. The Labute approximate surface area is 111 Å². The summed E-state index contributed by atoms with van der Waals surface area (Å²) in [5.74, 6) is 2.23. The molecular weight excluding hydrogens is 246 g/mol. The first kappa shape index (κ1) is 13.3. The van der Waals surface area contributed by atoms with Crippen LogP contribution in [0, 0.1) is 26.7 Å². The molecule has 0 saturated heterocycles. The van der Waals surface area contributed by atoms with Crippen LogP contribution in [0.1, 0.15) is 24.3 Å². The predicted molar refractivity (Wildman–Crippen MR) is 68.5 cm³/mol. The van der Waals surface area contributed by atoms with Crippen molar-refractivity contribution in [2.45, 2.75) is 34.2 Å². The third-order valence-electron chi connectivity index (χ3n) is 2.74. The van der Waals surface area contributed by atoms with Gasteiger partial charge < -0.3 is 9.84 Å². The molecule has 0 aromatic carbocycles. The predicted octanol–water partition coefficient (Wildman–Crippen LogP) is 1.47. The van der Waals surface area contributed by atoms with E-state index in [-0.39, 0.29) is 11.8 Å². The first-order chi connectivity index (χ1) is 8.95. The summed E-state index contributed by atoms with van der Waals surface area (Å²) < 4.78 is 6.62. The minimum absolute atomic E-state index is 0.124. The maximum atomic E-state index is 12.0. The molecule has 0 aliphatic heterocycles. The minimum atomic E-state index is -0.239. The Hall–Kier alpha value is -2.18. The van der Waals surface area contributed by atoms with Gasteiger partial charge in [0.05, 0.1) is 12.5 Å². The quantitative estimate of drug-likeness (QED) is 0.902. The number of hydrogen-bond donors (Lipinski definition) is 1. The molecule has 19 heavy (non-hydrogen) atoms. The maximum absolute atomic E-state index is 12.0. The average molecular weight is 263 g/mol. The Morgan fingerprint density at radius 3 is 2.74 bits per heavy atom. The molecule has 0 saturated carbocycles. The fraction of sp³-hybridized carbons (Fsp3) is 0.500. The lowest BCUT2D eigenvalue weighted by Crippen LogP contribution is -2.25. The molecule has 2 rings (SSSR count). The van der Waals surface area contributed by atoms with E-state index >= 15 is 0 Å². The molecule has 1 atom stereocenters. The van der Waals surface area contributed by atoms with E-state index in [2.05, 4.69) is 20.6 Å². The molecule has 2 aromatic heterocycles. The molecule has 2 aromatic rings. The van der Waals surface area contributed by atoms with Crippen molar-refractivity contribution in [1.82, 2.24) is 19.9 Å². The van der Waals surface area contributed by atoms with Crippen molar-refractivity contribution < 1.29 is 9.32 Å². The van der Waals surface area contributed by atoms with Crippen LogP contribution in [0.25, 0.3) is 0 Å². The van der Waals surface area contributed by atoms with E-state index in [4.69, 9.17) is 4.52 Å². The number of anilines is 1. The van der Waals surface area contributed by atoms with Gasteiger partial charge in [0.15, 0.2) is 5.82 Å². The van der Waals surface area contributed by atoms with Crippen LogP contribution in [0.5, 0.6) is 0 Å². The second kappa shape index (κ2) is 5.21. The number of amides is 1. The van der Waals surface area contributed by atoms with Crippen LogP contribution in [-0.4, -0.2) is 25.8 Å². The van der Waals surface area contributed by atoms with Crippen molar-refractivity contribution in [3.05, 3.63) is 23.5 Å². The summed E-state index contributed by atoms with van der Waals surface area (Å²) in [4.78, 5) is 16.2. The van der Waals surface area contributed by atoms with E-state index in [9.17, 15) is 4.79 Å². The van der Waals surface area contributed by atoms with Gasteiger partial charge in [-0.25, -0.2) is 9.67 Å². The summed E-state index contributed by atoms with van der Waals surface area (Å²) in [6.45, 7) is 7.78. The van der Waals surface area contributed by atoms with Crippen LogP contribution in [0.15, 0.2) is 10.6 Å². The zero-order valence-corrected chi connectivity index (χ0v) is 11.5.